The number of hydrogen-bond donors (Lipinski definition) is 1. The Morgan fingerprint density at radius 2 is 1.83 bits per heavy atom. The molecule has 0 amide bonds. The molecule has 156 valence electrons. The van der Waals surface area contributed by atoms with Crippen molar-refractivity contribution in [3.05, 3.63) is 59.5 Å². The number of rotatable bonds is 5. The number of hydrogen-bond acceptors (Lipinski definition) is 6. The van der Waals surface area contributed by atoms with Gasteiger partial charge in [-0.25, -0.2) is 9.97 Å². The standard InChI is InChI=1S/C23H27N5O2/c1-16-12-22(25-23(24-16)20-6-4-5-7-21(20)30)28-10-8-27(9-11-28)15-19-13-18(17(2)29)14-26(19)3/h4-7,12-14,30H,8-11,15H2,1-3H3. The van der Waals surface area contributed by atoms with Crippen LogP contribution in [0, 0.1) is 6.92 Å². The molecule has 2 aromatic heterocycles. The van der Waals surface area contributed by atoms with Crippen LogP contribution < -0.4 is 4.90 Å². The lowest BCUT2D eigenvalue weighted by Crippen LogP contribution is -2.46. The summed E-state index contributed by atoms with van der Waals surface area (Å²) in [6.45, 7) is 7.92. The molecule has 0 unspecified atom stereocenters. The van der Waals surface area contributed by atoms with Crippen molar-refractivity contribution in [2.45, 2.75) is 20.4 Å². The number of aryl methyl sites for hydroxylation is 2. The molecule has 4 rings (SSSR count). The smallest absolute Gasteiger partial charge is 0.165 e. The van der Waals surface area contributed by atoms with Crippen molar-refractivity contribution in [1.82, 2.24) is 19.4 Å². The van der Waals surface area contributed by atoms with E-state index in [9.17, 15) is 9.90 Å². The van der Waals surface area contributed by atoms with Gasteiger partial charge >= 0.3 is 0 Å². The van der Waals surface area contributed by atoms with E-state index in [1.807, 2.05) is 49.0 Å². The number of aromatic nitrogens is 3. The van der Waals surface area contributed by atoms with Crippen molar-refractivity contribution in [3.63, 3.8) is 0 Å². The lowest BCUT2D eigenvalue weighted by molar-refractivity contribution is 0.101. The highest BCUT2D eigenvalue weighted by molar-refractivity contribution is 5.94. The van der Waals surface area contributed by atoms with Crippen LogP contribution >= 0.6 is 0 Å². The number of para-hydroxylation sites is 1. The first-order valence-electron chi connectivity index (χ1n) is 10.2. The Kier molecular flexibility index (Phi) is 5.55. The molecule has 0 bridgehead atoms. The topological polar surface area (TPSA) is 74.5 Å². The lowest BCUT2D eigenvalue weighted by atomic mass is 10.2. The fourth-order valence-electron chi connectivity index (χ4n) is 3.82. The minimum absolute atomic E-state index is 0.0982. The van der Waals surface area contributed by atoms with E-state index < -0.39 is 0 Å². The molecule has 1 fully saturated rings. The second-order valence-corrected chi connectivity index (χ2v) is 7.86. The molecule has 7 heteroatoms. The molecule has 3 heterocycles. The Balaban J connectivity index is 1.46. The summed E-state index contributed by atoms with van der Waals surface area (Å²) in [6, 6.07) is 11.1. The van der Waals surface area contributed by atoms with Gasteiger partial charge < -0.3 is 14.6 Å². The molecule has 0 radical (unpaired) electrons. The van der Waals surface area contributed by atoms with Crippen LogP contribution in [0.2, 0.25) is 0 Å². The van der Waals surface area contributed by atoms with Gasteiger partial charge in [-0.3, -0.25) is 9.69 Å². The van der Waals surface area contributed by atoms with Crippen LogP contribution in [-0.4, -0.2) is 56.5 Å². The van der Waals surface area contributed by atoms with Crippen molar-refractivity contribution >= 4 is 11.6 Å². The highest BCUT2D eigenvalue weighted by Crippen LogP contribution is 2.28. The molecule has 1 aliphatic heterocycles. The van der Waals surface area contributed by atoms with E-state index in [1.165, 1.54) is 0 Å². The summed E-state index contributed by atoms with van der Waals surface area (Å²) in [5, 5.41) is 10.2. The van der Waals surface area contributed by atoms with E-state index in [2.05, 4.69) is 14.8 Å². The quantitative estimate of drug-likeness (QED) is 0.658. The summed E-state index contributed by atoms with van der Waals surface area (Å²) < 4.78 is 2.04. The molecule has 1 saturated heterocycles. The van der Waals surface area contributed by atoms with Crippen LogP contribution in [-0.2, 0) is 13.6 Å². The van der Waals surface area contributed by atoms with Gasteiger partial charge in [0.2, 0.25) is 0 Å². The van der Waals surface area contributed by atoms with Crippen molar-refractivity contribution in [1.29, 1.82) is 0 Å². The molecule has 3 aromatic rings. The maximum Gasteiger partial charge on any atom is 0.165 e. The SMILES string of the molecule is CC(=O)c1cc(CN2CCN(c3cc(C)nc(-c4ccccc4O)n3)CC2)n(C)c1. The van der Waals surface area contributed by atoms with E-state index >= 15 is 0 Å². The van der Waals surface area contributed by atoms with Crippen LogP contribution in [0.15, 0.2) is 42.6 Å². The maximum atomic E-state index is 11.6. The number of phenols is 1. The van der Waals surface area contributed by atoms with Crippen LogP contribution in [0.1, 0.15) is 28.7 Å². The molecule has 0 spiro atoms. The fourth-order valence-corrected chi connectivity index (χ4v) is 3.82. The number of nitrogens with zero attached hydrogens (tertiary/aromatic N) is 5. The Bertz CT molecular complexity index is 1070. The molecule has 1 N–H and O–H groups in total. The van der Waals surface area contributed by atoms with Gasteiger partial charge in [0, 0.05) is 69.0 Å². The minimum Gasteiger partial charge on any atom is -0.507 e. The van der Waals surface area contributed by atoms with E-state index in [0.717, 1.165) is 55.5 Å². The molecular weight excluding hydrogens is 378 g/mol. The van der Waals surface area contributed by atoms with Gasteiger partial charge in [0.25, 0.3) is 0 Å². The van der Waals surface area contributed by atoms with Gasteiger partial charge in [0.05, 0.1) is 5.56 Å². The second kappa shape index (κ2) is 8.28. The van der Waals surface area contributed by atoms with Gasteiger partial charge in [0.1, 0.15) is 11.6 Å². The number of piperazine rings is 1. The fraction of sp³-hybridized carbons (Fsp3) is 0.348. The Labute approximate surface area is 176 Å². The number of phenolic OH excluding ortho intramolecular Hbond substituents is 1. The van der Waals surface area contributed by atoms with E-state index in [1.54, 1.807) is 19.1 Å². The van der Waals surface area contributed by atoms with Gasteiger partial charge in [0.15, 0.2) is 11.6 Å². The summed E-state index contributed by atoms with van der Waals surface area (Å²) in [4.78, 5) is 25.5. The number of anilines is 1. The van der Waals surface area contributed by atoms with E-state index in [-0.39, 0.29) is 11.5 Å². The van der Waals surface area contributed by atoms with Crippen molar-refractivity contribution in [3.8, 4) is 17.1 Å². The summed E-state index contributed by atoms with van der Waals surface area (Å²) in [6.07, 6.45) is 1.90. The Morgan fingerprint density at radius 1 is 1.10 bits per heavy atom. The van der Waals surface area contributed by atoms with Crippen LogP contribution in [0.4, 0.5) is 5.82 Å². The van der Waals surface area contributed by atoms with Gasteiger partial charge in [-0.1, -0.05) is 12.1 Å². The summed E-state index contributed by atoms with van der Waals surface area (Å²) in [7, 11) is 1.99. The van der Waals surface area contributed by atoms with Gasteiger partial charge in [-0.2, -0.15) is 0 Å². The summed E-state index contributed by atoms with van der Waals surface area (Å²) >= 11 is 0. The second-order valence-electron chi connectivity index (χ2n) is 7.86. The monoisotopic (exact) mass is 405 g/mol. The zero-order chi connectivity index (χ0) is 21.3. The average molecular weight is 406 g/mol. The third kappa shape index (κ3) is 4.21. The van der Waals surface area contributed by atoms with Crippen LogP contribution in [0.5, 0.6) is 5.75 Å². The number of ketones is 1. The molecule has 1 aliphatic rings. The van der Waals surface area contributed by atoms with Gasteiger partial charge in [-0.05, 0) is 32.0 Å². The molecule has 1 aromatic carbocycles. The normalized spacial score (nSPS) is 14.8. The Hall–Kier alpha value is -3.19. The predicted octanol–water partition coefficient (Wildman–Crippen LogP) is 3.02. The number of carbonyl (C=O) groups is 1. The minimum atomic E-state index is 0.0982. The zero-order valence-electron chi connectivity index (χ0n) is 17.7. The van der Waals surface area contributed by atoms with E-state index in [4.69, 9.17) is 4.98 Å². The average Bonchev–Trinajstić information content (AvgIpc) is 3.09. The molecule has 7 nitrogen and oxygen atoms in total. The van der Waals surface area contributed by atoms with Crippen molar-refractivity contribution in [2.24, 2.45) is 7.05 Å². The molecule has 0 atom stereocenters. The number of carbonyl (C=O) groups excluding carboxylic acids is 1. The third-order valence-electron chi connectivity index (χ3n) is 5.58. The van der Waals surface area contributed by atoms with Gasteiger partial charge in [-0.15, -0.1) is 0 Å². The molecule has 0 saturated carbocycles. The largest absolute Gasteiger partial charge is 0.507 e. The van der Waals surface area contributed by atoms with Crippen LogP contribution in [0.3, 0.4) is 0 Å². The first kappa shape index (κ1) is 20.1. The highest BCUT2D eigenvalue weighted by Gasteiger charge is 2.21. The molecule has 30 heavy (non-hydrogen) atoms. The number of Topliss-reactive ketones (excluding diaryl/α,β-unsaturated/α-hetero) is 1. The first-order valence-corrected chi connectivity index (χ1v) is 10.2. The molecular formula is C23H27N5O2. The highest BCUT2D eigenvalue weighted by atomic mass is 16.3. The number of benzene rings is 1. The van der Waals surface area contributed by atoms with Crippen molar-refractivity contribution in [2.75, 3.05) is 31.1 Å². The first-order chi connectivity index (χ1) is 14.4. The van der Waals surface area contributed by atoms with E-state index in [0.29, 0.717) is 11.4 Å². The summed E-state index contributed by atoms with van der Waals surface area (Å²) in [5.74, 6) is 1.72. The maximum absolute atomic E-state index is 11.6. The summed E-state index contributed by atoms with van der Waals surface area (Å²) in [5.41, 5.74) is 3.43. The van der Waals surface area contributed by atoms with Crippen molar-refractivity contribution < 1.29 is 9.90 Å². The number of aromatic hydroxyl groups is 1. The Morgan fingerprint density at radius 3 is 2.50 bits per heavy atom. The van der Waals surface area contributed by atoms with Crippen LogP contribution in [0.25, 0.3) is 11.4 Å². The molecule has 0 aliphatic carbocycles. The zero-order valence-corrected chi connectivity index (χ0v) is 17.7. The third-order valence-corrected chi connectivity index (χ3v) is 5.58. The predicted molar refractivity (Wildman–Crippen MR) is 117 cm³/mol. The lowest BCUT2D eigenvalue weighted by Gasteiger charge is -2.35.